The number of benzene rings is 1. The van der Waals surface area contributed by atoms with E-state index >= 15 is 0 Å². The van der Waals surface area contributed by atoms with Gasteiger partial charge in [0, 0.05) is 39.4 Å². The van der Waals surface area contributed by atoms with Gasteiger partial charge in [-0.15, -0.1) is 0 Å². The predicted octanol–water partition coefficient (Wildman–Crippen LogP) is 1.75. The lowest BCUT2D eigenvalue weighted by atomic mass is 10.0. The van der Waals surface area contributed by atoms with Crippen molar-refractivity contribution in [1.29, 1.82) is 0 Å². The molecule has 0 aliphatic heterocycles. The van der Waals surface area contributed by atoms with E-state index in [1.807, 2.05) is 0 Å². The number of aryl methyl sites for hydroxylation is 1. The number of carbonyl (C=O) groups excluding carboxylic acids is 1. The van der Waals surface area contributed by atoms with E-state index in [4.69, 9.17) is 9.47 Å². The summed E-state index contributed by atoms with van der Waals surface area (Å²) in [4.78, 5) is 29.3. The Balaban J connectivity index is 2.02. The van der Waals surface area contributed by atoms with E-state index in [2.05, 4.69) is 10.3 Å². The molecule has 0 aliphatic rings. The average molecular weight is 415 g/mol. The molecular weight excluding hydrogens is 393 g/mol. The minimum absolute atomic E-state index is 0.129. The van der Waals surface area contributed by atoms with Gasteiger partial charge in [0.15, 0.2) is 5.75 Å². The normalized spacial score (nSPS) is 10.9. The molecular formula is C21H22FN3O5. The molecule has 0 saturated heterocycles. The Bertz CT molecular complexity index is 1160. The molecule has 0 unspecified atom stereocenters. The van der Waals surface area contributed by atoms with Crippen LogP contribution in [0.15, 0.2) is 35.3 Å². The molecule has 158 valence electrons. The molecule has 2 heterocycles. The van der Waals surface area contributed by atoms with Crippen molar-refractivity contribution in [2.45, 2.75) is 6.42 Å². The smallest absolute Gasteiger partial charge is 0.267 e. The van der Waals surface area contributed by atoms with Gasteiger partial charge in [-0.1, -0.05) is 6.07 Å². The monoisotopic (exact) mass is 415 g/mol. The molecule has 0 bridgehead atoms. The van der Waals surface area contributed by atoms with E-state index in [9.17, 15) is 19.1 Å². The van der Waals surface area contributed by atoms with Crippen molar-refractivity contribution in [2.75, 3.05) is 27.4 Å². The Kier molecular flexibility index (Phi) is 6.31. The van der Waals surface area contributed by atoms with Gasteiger partial charge in [0.1, 0.15) is 22.6 Å². The highest BCUT2D eigenvalue weighted by atomic mass is 19.1. The van der Waals surface area contributed by atoms with E-state index in [-0.39, 0.29) is 24.2 Å². The molecule has 0 spiro atoms. The summed E-state index contributed by atoms with van der Waals surface area (Å²) in [5.74, 6) is -1.19. The van der Waals surface area contributed by atoms with Crippen LogP contribution in [0.4, 0.5) is 4.39 Å². The van der Waals surface area contributed by atoms with E-state index in [1.54, 1.807) is 12.1 Å². The number of pyridine rings is 2. The second-order valence-electron chi connectivity index (χ2n) is 6.68. The zero-order valence-corrected chi connectivity index (χ0v) is 16.9. The third-order valence-corrected chi connectivity index (χ3v) is 4.73. The molecule has 3 rings (SSSR count). The lowest BCUT2D eigenvalue weighted by Gasteiger charge is -2.13. The second-order valence-corrected chi connectivity index (χ2v) is 6.68. The lowest BCUT2D eigenvalue weighted by Crippen LogP contribution is -2.34. The van der Waals surface area contributed by atoms with E-state index in [1.165, 1.54) is 44.2 Å². The summed E-state index contributed by atoms with van der Waals surface area (Å²) >= 11 is 0. The fourth-order valence-corrected chi connectivity index (χ4v) is 3.17. The highest BCUT2D eigenvalue weighted by molar-refractivity contribution is 6.01. The van der Waals surface area contributed by atoms with Crippen LogP contribution in [0.5, 0.6) is 11.5 Å². The first-order valence-corrected chi connectivity index (χ1v) is 9.17. The molecule has 2 aromatic heterocycles. The number of nitrogens with zero attached hydrogens (tertiary/aromatic N) is 2. The number of halogens is 1. The summed E-state index contributed by atoms with van der Waals surface area (Å²) in [5.41, 5.74) is 0.936. The molecule has 0 aliphatic carbocycles. The minimum atomic E-state index is -0.700. The van der Waals surface area contributed by atoms with Crippen LogP contribution in [0.25, 0.3) is 11.0 Å². The summed E-state index contributed by atoms with van der Waals surface area (Å²) < 4.78 is 24.8. The number of amides is 1. The van der Waals surface area contributed by atoms with E-state index in [0.717, 1.165) is 11.1 Å². The topological polar surface area (TPSA) is 103 Å². The first-order valence-electron chi connectivity index (χ1n) is 9.17. The highest BCUT2D eigenvalue weighted by Crippen LogP contribution is 2.27. The second kappa shape index (κ2) is 8.91. The molecule has 3 aromatic rings. The largest absolute Gasteiger partial charge is 0.505 e. The molecule has 2 N–H and O–H groups in total. The van der Waals surface area contributed by atoms with Gasteiger partial charge in [-0.2, -0.15) is 0 Å². The number of hydrogen-bond acceptors (Lipinski definition) is 6. The van der Waals surface area contributed by atoms with Gasteiger partial charge in [0.2, 0.25) is 0 Å². The number of fused-ring (bicyclic) bond motifs is 1. The Morgan fingerprint density at radius 1 is 1.30 bits per heavy atom. The van der Waals surface area contributed by atoms with Crippen LogP contribution in [0.1, 0.15) is 21.5 Å². The number of ether oxygens (including phenoxy) is 2. The molecule has 0 saturated carbocycles. The number of rotatable bonds is 7. The van der Waals surface area contributed by atoms with Crippen molar-refractivity contribution >= 4 is 16.9 Å². The predicted molar refractivity (Wildman–Crippen MR) is 109 cm³/mol. The molecule has 0 atom stereocenters. The number of carbonyl (C=O) groups is 1. The van der Waals surface area contributed by atoms with Crippen molar-refractivity contribution in [3.8, 4) is 11.5 Å². The maximum Gasteiger partial charge on any atom is 0.267 e. The van der Waals surface area contributed by atoms with Gasteiger partial charge >= 0.3 is 0 Å². The maximum absolute atomic E-state index is 13.4. The van der Waals surface area contributed by atoms with Crippen LogP contribution < -0.4 is 15.6 Å². The number of aromatic nitrogens is 2. The molecule has 0 fully saturated rings. The van der Waals surface area contributed by atoms with Crippen LogP contribution in [-0.2, 0) is 18.2 Å². The van der Waals surface area contributed by atoms with Gasteiger partial charge in [-0.25, -0.2) is 4.39 Å². The molecule has 1 aromatic carbocycles. The van der Waals surface area contributed by atoms with Gasteiger partial charge < -0.3 is 24.5 Å². The van der Waals surface area contributed by atoms with Gasteiger partial charge in [-0.3, -0.25) is 14.6 Å². The fraction of sp³-hybridized carbons (Fsp3) is 0.286. The van der Waals surface area contributed by atoms with Crippen molar-refractivity contribution in [1.82, 2.24) is 14.9 Å². The van der Waals surface area contributed by atoms with Crippen molar-refractivity contribution in [2.24, 2.45) is 7.05 Å². The zero-order valence-electron chi connectivity index (χ0n) is 16.9. The lowest BCUT2D eigenvalue weighted by molar-refractivity contribution is 0.0932. The standard InChI is InChI=1S/C21H22FN3O5/c1-25-15-9-12(8-13-4-5-14(22)10-16(13)30-3)11-24-18(15)19(26)17(21(25)28)20(27)23-6-7-29-2/h4-5,9-11,26H,6-8H2,1-3H3,(H,23,27). The Hall–Kier alpha value is -3.46. The first kappa shape index (κ1) is 21.3. The number of hydrogen-bond donors (Lipinski definition) is 2. The first-order chi connectivity index (χ1) is 14.4. The maximum atomic E-state index is 13.4. The molecule has 9 heteroatoms. The molecule has 30 heavy (non-hydrogen) atoms. The van der Waals surface area contributed by atoms with Crippen molar-refractivity contribution in [3.63, 3.8) is 0 Å². The minimum Gasteiger partial charge on any atom is -0.505 e. The number of nitrogens with one attached hydrogen (secondary N) is 1. The van der Waals surface area contributed by atoms with Gasteiger partial charge in [-0.05, 0) is 23.3 Å². The number of aromatic hydroxyl groups is 1. The third kappa shape index (κ3) is 4.11. The highest BCUT2D eigenvalue weighted by Gasteiger charge is 2.22. The van der Waals surface area contributed by atoms with Crippen molar-refractivity contribution in [3.05, 3.63) is 63.3 Å². The summed E-state index contributed by atoms with van der Waals surface area (Å²) in [7, 11) is 4.44. The third-order valence-electron chi connectivity index (χ3n) is 4.73. The Morgan fingerprint density at radius 2 is 2.07 bits per heavy atom. The van der Waals surface area contributed by atoms with Crippen LogP contribution in [-0.4, -0.2) is 47.9 Å². The summed E-state index contributed by atoms with van der Waals surface area (Å²) in [5, 5.41) is 13.1. The Labute approximate surface area is 171 Å². The van der Waals surface area contributed by atoms with E-state index < -0.39 is 23.0 Å². The average Bonchev–Trinajstić information content (AvgIpc) is 2.73. The van der Waals surface area contributed by atoms with Crippen molar-refractivity contribution < 1.29 is 23.8 Å². The van der Waals surface area contributed by atoms with Gasteiger partial charge in [0.05, 0.1) is 19.2 Å². The van der Waals surface area contributed by atoms with Crippen LogP contribution >= 0.6 is 0 Å². The molecule has 8 nitrogen and oxygen atoms in total. The quantitative estimate of drug-likeness (QED) is 0.570. The van der Waals surface area contributed by atoms with E-state index in [0.29, 0.717) is 17.7 Å². The molecule has 0 radical (unpaired) electrons. The summed E-state index contributed by atoms with van der Waals surface area (Å²) in [6.07, 6.45) is 1.91. The summed E-state index contributed by atoms with van der Waals surface area (Å²) in [6.45, 7) is 0.469. The van der Waals surface area contributed by atoms with Gasteiger partial charge in [0.25, 0.3) is 11.5 Å². The van der Waals surface area contributed by atoms with Crippen LogP contribution in [0.2, 0.25) is 0 Å². The van der Waals surface area contributed by atoms with Crippen LogP contribution in [0.3, 0.4) is 0 Å². The SMILES string of the molecule is COCCNC(=O)c1c(O)c2ncc(Cc3ccc(F)cc3OC)cc2n(C)c1=O. The Morgan fingerprint density at radius 3 is 2.77 bits per heavy atom. The molecule has 1 amide bonds. The number of methoxy groups -OCH3 is 2. The van der Waals surface area contributed by atoms with Crippen LogP contribution in [0, 0.1) is 5.82 Å². The fourth-order valence-electron chi connectivity index (χ4n) is 3.17. The summed E-state index contributed by atoms with van der Waals surface area (Å²) in [6, 6.07) is 5.93. The zero-order chi connectivity index (χ0) is 21.8.